The Labute approximate surface area is 156 Å². The number of nitro groups is 1. The molecule has 8 heteroatoms. The highest BCUT2D eigenvalue weighted by Crippen LogP contribution is 2.16. The van der Waals surface area contributed by atoms with Crippen molar-refractivity contribution in [3.05, 3.63) is 64.2 Å². The van der Waals surface area contributed by atoms with Crippen molar-refractivity contribution in [3.8, 4) is 5.75 Å². The van der Waals surface area contributed by atoms with Crippen molar-refractivity contribution in [1.29, 1.82) is 0 Å². The number of carbonyl (C=O) groups excluding carboxylic acids is 1. The monoisotopic (exact) mass is 373 g/mol. The Balaban J connectivity index is 1.92. The van der Waals surface area contributed by atoms with Gasteiger partial charge in [0, 0.05) is 23.4 Å². The van der Waals surface area contributed by atoms with E-state index < -0.39 is 4.92 Å². The molecule has 0 aliphatic heterocycles. The van der Waals surface area contributed by atoms with E-state index in [0.29, 0.717) is 17.0 Å². The first-order chi connectivity index (χ1) is 12.4. The van der Waals surface area contributed by atoms with Gasteiger partial charge in [-0.3, -0.25) is 20.2 Å². The third kappa shape index (κ3) is 5.52. The number of hydrogen-bond donors (Lipinski definition) is 2. The van der Waals surface area contributed by atoms with Crippen LogP contribution in [0.1, 0.15) is 30.6 Å². The van der Waals surface area contributed by atoms with Crippen LogP contribution >= 0.6 is 12.2 Å². The Morgan fingerprint density at radius 1 is 1.19 bits per heavy atom. The zero-order chi connectivity index (χ0) is 19.1. The first-order valence-electron chi connectivity index (χ1n) is 8.02. The molecule has 0 aliphatic rings. The van der Waals surface area contributed by atoms with Crippen molar-refractivity contribution >= 4 is 34.6 Å². The summed E-state index contributed by atoms with van der Waals surface area (Å²) in [7, 11) is 0. The average Bonchev–Trinajstić information content (AvgIpc) is 2.62. The molecule has 0 aromatic heterocycles. The molecule has 0 saturated carbocycles. The first-order valence-corrected chi connectivity index (χ1v) is 8.43. The summed E-state index contributed by atoms with van der Waals surface area (Å²) < 4.78 is 5.67. The summed E-state index contributed by atoms with van der Waals surface area (Å²) >= 11 is 5.09. The van der Waals surface area contributed by atoms with Crippen LogP contribution in [0, 0.1) is 10.1 Å². The number of ether oxygens (including phenoxy) is 1. The van der Waals surface area contributed by atoms with Gasteiger partial charge in [-0.1, -0.05) is 6.92 Å². The third-order valence-corrected chi connectivity index (χ3v) is 3.80. The number of anilines is 1. The summed E-state index contributed by atoms with van der Waals surface area (Å²) in [6, 6.07) is 12.5. The van der Waals surface area contributed by atoms with Crippen molar-refractivity contribution in [2.45, 2.75) is 26.4 Å². The molecule has 0 radical (unpaired) electrons. The number of nitrogens with one attached hydrogen (secondary N) is 2. The highest BCUT2D eigenvalue weighted by molar-refractivity contribution is 7.80. The fourth-order valence-corrected chi connectivity index (χ4v) is 2.22. The van der Waals surface area contributed by atoms with Gasteiger partial charge in [0.05, 0.1) is 11.0 Å². The summed E-state index contributed by atoms with van der Waals surface area (Å²) in [5.74, 6) is 0.335. The van der Waals surface area contributed by atoms with E-state index in [1.165, 1.54) is 24.3 Å². The lowest BCUT2D eigenvalue weighted by Crippen LogP contribution is -2.34. The lowest BCUT2D eigenvalue weighted by Gasteiger charge is -2.13. The topological polar surface area (TPSA) is 93.5 Å². The van der Waals surface area contributed by atoms with Crippen LogP contribution in [0.5, 0.6) is 5.75 Å². The van der Waals surface area contributed by atoms with E-state index >= 15 is 0 Å². The molecule has 2 N–H and O–H groups in total. The molecule has 0 heterocycles. The van der Waals surface area contributed by atoms with Gasteiger partial charge in [-0.15, -0.1) is 0 Å². The zero-order valence-corrected chi connectivity index (χ0v) is 15.2. The Hall–Kier alpha value is -3.00. The molecule has 136 valence electrons. The van der Waals surface area contributed by atoms with E-state index in [1.807, 2.05) is 13.8 Å². The fraction of sp³-hybridized carbons (Fsp3) is 0.222. The molecular formula is C18H19N3O4S. The maximum Gasteiger partial charge on any atom is 0.269 e. The number of benzene rings is 2. The Kier molecular flexibility index (Phi) is 6.62. The fourth-order valence-electron chi connectivity index (χ4n) is 2.00. The summed E-state index contributed by atoms with van der Waals surface area (Å²) in [6.07, 6.45) is 0.998. The van der Waals surface area contributed by atoms with Crippen LogP contribution < -0.4 is 15.4 Å². The molecular weight excluding hydrogens is 354 g/mol. The molecule has 0 saturated heterocycles. The quantitative estimate of drug-likeness (QED) is 0.453. The van der Waals surface area contributed by atoms with E-state index in [9.17, 15) is 14.9 Å². The van der Waals surface area contributed by atoms with E-state index in [-0.39, 0.29) is 22.8 Å². The van der Waals surface area contributed by atoms with Gasteiger partial charge >= 0.3 is 0 Å². The number of non-ortho nitro benzene ring substituents is 1. The summed E-state index contributed by atoms with van der Waals surface area (Å²) in [4.78, 5) is 22.4. The van der Waals surface area contributed by atoms with Crippen LogP contribution in [-0.2, 0) is 0 Å². The Morgan fingerprint density at radius 2 is 1.81 bits per heavy atom. The second-order valence-corrected chi connectivity index (χ2v) is 5.98. The largest absolute Gasteiger partial charge is 0.491 e. The van der Waals surface area contributed by atoms with E-state index in [1.54, 1.807) is 24.3 Å². The molecule has 0 bridgehead atoms. The lowest BCUT2D eigenvalue weighted by atomic mass is 10.2. The SMILES string of the molecule is CCC(C)Oc1ccc(C(=O)NC(=S)Nc2ccc([N+](=O)[O-])cc2)cc1. The predicted molar refractivity (Wildman–Crippen MR) is 104 cm³/mol. The second kappa shape index (κ2) is 8.91. The van der Waals surface area contributed by atoms with Crippen LogP contribution in [0.3, 0.4) is 0 Å². The molecule has 26 heavy (non-hydrogen) atoms. The molecule has 1 atom stereocenters. The van der Waals surface area contributed by atoms with Crippen LogP contribution in [0.15, 0.2) is 48.5 Å². The maximum atomic E-state index is 12.2. The third-order valence-electron chi connectivity index (χ3n) is 3.59. The normalized spacial score (nSPS) is 11.3. The van der Waals surface area contributed by atoms with Gasteiger partial charge < -0.3 is 10.1 Å². The van der Waals surface area contributed by atoms with Crippen LogP contribution in [-0.4, -0.2) is 22.0 Å². The number of rotatable bonds is 6. The molecule has 1 amide bonds. The predicted octanol–water partition coefficient (Wildman–Crippen LogP) is 3.90. The molecule has 2 rings (SSSR count). The number of amides is 1. The van der Waals surface area contributed by atoms with Crippen molar-refractivity contribution in [2.24, 2.45) is 0 Å². The lowest BCUT2D eigenvalue weighted by molar-refractivity contribution is -0.384. The molecule has 7 nitrogen and oxygen atoms in total. The molecule has 2 aromatic carbocycles. The minimum atomic E-state index is -0.488. The van der Waals surface area contributed by atoms with E-state index in [4.69, 9.17) is 17.0 Å². The minimum Gasteiger partial charge on any atom is -0.491 e. The van der Waals surface area contributed by atoms with Crippen molar-refractivity contribution in [1.82, 2.24) is 5.32 Å². The molecule has 0 spiro atoms. The summed E-state index contributed by atoms with van der Waals surface area (Å²) in [6.45, 7) is 4.01. The number of thiocarbonyl (C=S) groups is 1. The smallest absolute Gasteiger partial charge is 0.269 e. The number of nitrogens with zero attached hydrogens (tertiary/aromatic N) is 1. The zero-order valence-electron chi connectivity index (χ0n) is 14.4. The van der Waals surface area contributed by atoms with Crippen molar-refractivity contribution < 1.29 is 14.5 Å². The number of carbonyl (C=O) groups is 1. The second-order valence-electron chi connectivity index (χ2n) is 5.57. The highest BCUT2D eigenvalue weighted by atomic mass is 32.1. The van der Waals surface area contributed by atoms with Crippen LogP contribution in [0.25, 0.3) is 0 Å². The Bertz CT molecular complexity index is 791. The van der Waals surface area contributed by atoms with Crippen molar-refractivity contribution in [2.75, 3.05) is 5.32 Å². The molecule has 0 aliphatic carbocycles. The van der Waals surface area contributed by atoms with Gasteiger partial charge in [0.15, 0.2) is 5.11 Å². The molecule has 1 unspecified atom stereocenters. The number of nitro benzene ring substituents is 1. The summed E-state index contributed by atoms with van der Waals surface area (Å²) in [5.41, 5.74) is 0.956. The first kappa shape index (κ1) is 19.3. The summed E-state index contributed by atoms with van der Waals surface area (Å²) in [5, 5.41) is 16.1. The average molecular weight is 373 g/mol. The van der Waals surface area contributed by atoms with Gasteiger partial charge in [0.25, 0.3) is 11.6 Å². The van der Waals surface area contributed by atoms with Gasteiger partial charge in [-0.25, -0.2) is 0 Å². The van der Waals surface area contributed by atoms with Gasteiger partial charge in [-0.2, -0.15) is 0 Å². The van der Waals surface area contributed by atoms with Gasteiger partial charge in [0.2, 0.25) is 0 Å². The molecule has 2 aromatic rings. The van der Waals surface area contributed by atoms with Crippen LogP contribution in [0.4, 0.5) is 11.4 Å². The maximum absolute atomic E-state index is 12.2. The highest BCUT2D eigenvalue weighted by Gasteiger charge is 2.10. The van der Waals surface area contributed by atoms with Gasteiger partial charge in [-0.05, 0) is 62.0 Å². The van der Waals surface area contributed by atoms with Crippen molar-refractivity contribution in [3.63, 3.8) is 0 Å². The van der Waals surface area contributed by atoms with E-state index in [0.717, 1.165) is 6.42 Å². The van der Waals surface area contributed by atoms with E-state index in [2.05, 4.69) is 10.6 Å². The standard InChI is InChI=1S/C18H19N3O4S/c1-3-12(2)25-16-10-4-13(5-11-16)17(22)20-18(26)19-14-6-8-15(9-7-14)21(23)24/h4-12H,3H2,1-2H3,(H2,19,20,22,26). The Morgan fingerprint density at radius 3 is 2.35 bits per heavy atom. The van der Waals surface area contributed by atoms with Gasteiger partial charge in [0.1, 0.15) is 5.75 Å². The van der Waals surface area contributed by atoms with Crippen LogP contribution in [0.2, 0.25) is 0 Å². The molecule has 0 fully saturated rings. The minimum absolute atomic E-state index is 0.0230. The number of hydrogen-bond acceptors (Lipinski definition) is 5.